The van der Waals surface area contributed by atoms with Crippen molar-refractivity contribution < 1.29 is 4.39 Å². The highest BCUT2D eigenvalue weighted by atomic mass is 19.1. The van der Waals surface area contributed by atoms with Gasteiger partial charge in [0.25, 0.3) is 0 Å². The third kappa shape index (κ3) is 2.66. The van der Waals surface area contributed by atoms with Gasteiger partial charge >= 0.3 is 0 Å². The fraction of sp³-hybridized carbons (Fsp3) is 0.600. The second kappa shape index (κ2) is 5.27. The van der Waals surface area contributed by atoms with E-state index in [0.717, 1.165) is 30.8 Å². The smallest absolute Gasteiger partial charge is 0.146 e. The van der Waals surface area contributed by atoms with Crippen LogP contribution in [0.5, 0.6) is 0 Å². The minimum atomic E-state index is -0.144. The molecule has 1 saturated heterocycles. The molecular weight excluding hydrogens is 227 g/mol. The molecule has 0 aromatic heterocycles. The zero-order chi connectivity index (χ0) is 13.3. The van der Waals surface area contributed by atoms with E-state index in [1.165, 1.54) is 0 Å². The van der Waals surface area contributed by atoms with E-state index in [1.54, 1.807) is 6.07 Å². The van der Waals surface area contributed by atoms with Gasteiger partial charge in [-0.2, -0.15) is 0 Å². The summed E-state index contributed by atoms with van der Waals surface area (Å²) >= 11 is 0. The Balaban J connectivity index is 2.15. The molecule has 0 saturated carbocycles. The summed E-state index contributed by atoms with van der Waals surface area (Å²) in [6, 6.07) is 5.26. The zero-order valence-electron chi connectivity index (χ0n) is 11.5. The van der Waals surface area contributed by atoms with Gasteiger partial charge in [0, 0.05) is 19.1 Å². The van der Waals surface area contributed by atoms with E-state index in [-0.39, 0.29) is 11.9 Å². The van der Waals surface area contributed by atoms with Gasteiger partial charge in [-0.05, 0) is 42.9 Å². The molecule has 1 aromatic carbocycles. The van der Waals surface area contributed by atoms with Crippen LogP contribution in [-0.2, 0) is 0 Å². The van der Waals surface area contributed by atoms with Gasteiger partial charge in [-0.15, -0.1) is 0 Å². The van der Waals surface area contributed by atoms with Gasteiger partial charge in [0.15, 0.2) is 0 Å². The second-order valence-electron chi connectivity index (χ2n) is 5.74. The van der Waals surface area contributed by atoms with Gasteiger partial charge in [-0.25, -0.2) is 4.39 Å². The number of rotatable bonds is 3. The average molecular weight is 250 g/mol. The summed E-state index contributed by atoms with van der Waals surface area (Å²) in [5, 5.41) is 0. The largest absolute Gasteiger partial charge is 0.369 e. The highest BCUT2D eigenvalue weighted by molar-refractivity contribution is 5.50. The van der Waals surface area contributed by atoms with Crippen molar-refractivity contribution in [1.29, 1.82) is 0 Å². The summed E-state index contributed by atoms with van der Waals surface area (Å²) in [6.07, 6.45) is 1.16. The summed E-state index contributed by atoms with van der Waals surface area (Å²) < 4.78 is 14.1. The third-order valence-corrected chi connectivity index (χ3v) is 4.01. The summed E-state index contributed by atoms with van der Waals surface area (Å²) in [5.41, 5.74) is 7.35. The Hall–Kier alpha value is -1.09. The van der Waals surface area contributed by atoms with Crippen LogP contribution in [0.15, 0.2) is 18.2 Å². The predicted octanol–water partition coefficient (Wildman–Crippen LogP) is 3.33. The number of halogens is 1. The van der Waals surface area contributed by atoms with Gasteiger partial charge in [0.05, 0.1) is 5.69 Å². The monoisotopic (exact) mass is 250 g/mol. The molecule has 3 heteroatoms. The first kappa shape index (κ1) is 13.3. The Morgan fingerprint density at radius 1 is 1.33 bits per heavy atom. The van der Waals surface area contributed by atoms with Crippen molar-refractivity contribution in [3.63, 3.8) is 0 Å². The number of hydrogen-bond donors (Lipinski definition) is 1. The molecule has 1 aromatic rings. The van der Waals surface area contributed by atoms with Crippen LogP contribution in [0.2, 0.25) is 0 Å². The maximum Gasteiger partial charge on any atom is 0.146 e. The van der Waals surface area contributed by atoms with E-state index < -0.39 is 0 Å². The molecule has 1 heterocycles. The summed E-state index contributed by atoms with van der Waals surface area (Å²) in [4.78, 5) is 2.16. The van der Waals surface area contributed by atoms with Crippen LogP contribution in [0.1, 0.15) is 38.8 Å². The van der Waals surface area contributed by atoms with Crippen LogP contribution in [0.3, 0.4) is 0 Å². The number of benzene rings is 1. The standard InChI is InChI=1S/C15H23FN2/c1-10(2)13-6-7-18(9-13)15-5-4-12(11(3)17)8-14(15)16/h4-5,8,10-11,13H,6-7,9,17H2,1-3H3/t11-,13?/m0/s1. The van der Waals surface area contributed by atoms with E-state index in [4.69, 9.17) is 5.73 Å². The fourth-order valence-electron chi connectivity index (χ4n) is 2.61. The van der Waals surface area contributed by atoms with Crippen molar-refractivity contribution in [3.8, 4) is 0 Å². The lowest BCUT2D eigenvalue weighted by Gasteiger charge is -2.21. The minimum absolute atomic E-state index is 0.115. The quantitative estimate of drug-likeness (QED) is 0.891. The highest BCUT2D eigenvalue weighted by Gasteiger charge is 2.26. The molecule has 0 amide bonds. The number of hydrogen-bond acceptors (Lipinski definition) is 2. The lowest BCUT2D eigenvalue weighted by atomic mass is 9.95. The van der Waals surface area contributed by atoms with E-state index in [0.29, 0.717) is 11.8 Å². The Labute approximate surface area is 109 Å². The Morgan fingerprint density at radius 3 is 2.56 bits per heavy atom. The lowest BCUT2D eigenvalue weighted by molar-refractivity contribution is 0.422. The molecule has 0 aliphatic carbocycles. The first-order chi connectivity index (χ1) is 8.49. The molecule has 2 nitrogen and oxygen atoms in total. The van der Waals surface area contributed by atoms with Crippen LogP contribution < -0.4 is 10.6 Å². The summed E-state index contributed by atoms with van der Waals surface area (Å²) in [6.45, 7) is 8.27. The molecule has 1 aliphatic rings. The topological polar surface area (TPSA) is 29.3 Å². The molecule has 0 radical (unpaired) electrons. The Morgan fingerprint density at radius 2 is 2.06 bits per heavy atom. The predicted molar refractivity (Wildman–Crippen MR) is 74.2 cm³/mol. The molecule has 1 aliphatic heterocycles. The van der Waals surface area contributed by atoms with Crippen molar-refractivity contribution in [3.05, 3.63) is 29.6 Å². The van der Waals surface area contributed by atoms with Crippen molar-refractivity contribution in [2.24, 2.45) is 17.6 Å². The number of nitrogens with two attached hydrogens (primary N) is 1. The van der Waals surface area contributed by atoms with Gasteiger partial charge < -0.3 is 10.6 Å². The molecule has 18 heavy (non-hydrogen) atoms. The van der Waals surface area contributed by atoms with Gasteiger partial charge in [-0.1, -0.05) is 19.9 Å². The molecule has 0 spiro atoms. The Bertz CT molecular complexity index is 415. The second-order valence-corrected chi connectivity index (χ2v) is 5.74. The van der Waals surface area contributed by atoms with E-state index >= 15 is 0 Å². The van der Waals surface area contributed by atoms with Crippen LogP contribution in [0.25, 0.3) is 0 Å². The van der Waals surface area contributed by atoms with Crippen molar-refractivity contribution in [1.82, 2.24) is 0 Å². The van der Waals surface area contributed by atoms with Gasteiger partial charge in [0.1, 0.15) is 5.82 Å². The van der Waals surface area contributed by atoms with E-state index in [9.17, 15) is 4.39 Å². The molecule has 0 bridgehead atoms. The van der Waals surface area contributed by atoms with Crippen LogP contribution >= 0.6 is 0 Å². The molecular formula is C15H23FN2. The molecule has 1 unspecified atom stereocenters. The third-order valence-electron chi connectivity index (χ3n) is 4.01. The molecule has 2 rings (SSSR count). The summed E-state index contributed by atoms with van der Waals surface area (Å²) in [5.74, 6) is 1.20. The maximum atomic E-state index is 14.1. The normalized spacial score (nSPS) is 21.7. The molecule has 100 valence electrons. The minimum Gasteiger partial charge on any atom is -0.369 e. The summed E-state index contributed by atoms with van der Waals surface area (Å²) in [7, 11) is 0. The van der Waals surface area contributed by atoms with Crippen molar-refractivity contribution >= 4 is 5.69 Å². The van der Waals surface area contributed by atoms with Crippen molar-refractivity contribution in [2.45, 2.75) is 33.2 Å². The number of nitrogens with zero attached hydrogens (tertiary/aromatic N) is 1. The van der Waals surface area contributed by atoms with Crippen LogP contribution in [0.4, 0.5) is 10.1 Å². The van der Waals surface area contributed by atoms with Crippen molar-refractivity contribution in [2.75, 3.05) is 18.0 Å². The first-order valence-electron chi connectivity index (χ1n) is 6.79. The maximum absolute atomic E-state index is 14.1. The Kier molecular flexibility index (Phi) is 3.91. The average Bonchev–Trinajstić information content (AvgIpc) is 2.78. The van der Waals surface area contributed by atoms with E-state index in [2.05, 4.69) is 18.7 Å². The first-order valence-corrected chi connectivity index (χ1v) is 6.79. The van der Waals surface area contributed by atoms with Crippen LogP contribution in [-0.4, -0.2) is 13.1 Å². The SMILES string of the molecule is CC(C)C1CCN(c2ccc([C@H](C)N)cc2F)C1. The van der Waals surface area contributed by atoms with E-state index in [1.807, 2.05) is 19.1 Å². The molecule has 1 fully saturated rings. The van der Waals surface area contributed by atoms with Gasteiger partial charge in [0.2, 0.25) is 0 Å². The van der Waals surface area contributed by atoms with Gasteiger partial charge in [-0.3, -0.25) is 0 Å². The van der Waals surface area contributed by atoms with Crippen LogP contribution in [0, 0.1) is 17.7 Å². The highest BCUT2D eigenvalue weighted by Crippen LogP contribution is 2.30. The molecule has 2 atom stereocenters. The fourth-order valence-corrected chi connectivity index (χ4v) is 2.61. The zero-order valence-corrected chi connectivity index (χ0v) is 11.5. The molecule has 2 N–H and O–H groups in total. The number of anilines is 1. The lowest BCUT2D eigenvalue weighted by Crippen LogP contribution is -2.22.